The Morgan fingerprint density at radius 3 is 2.92 bits per heavy atom. The molecule has 0 saturated heterocycles. The molecule has 1 N–H and O–H groups in total. The standard InChI is InChI=1S/C11H18O/c1-3-4-7-10-8-5-6-9-11(10,2)12/h1,10,12H,4-9H2,2H3/t10-,11-/m0/s1. The highest BCUT2D eigenvalue weighted by atomic mass is 16.3. The number of hydrogen-bond acceptors (Lipinski definition) is 1. The molecular weight excluding hydrogens is 148 g/mol. The lowest BCUT2D eigenvalue weighted by molar-refractivity contribution is -0.0342. The minimum atomic E-state index is -0.449. The fourth-order valence-electron chi connectivity index (χ4n) is 2.10. The summed E-state index contributed by atoms with van der Waals surface area (Å²) in [6, 6.07) is 0. The maximum absolute atomic E-state index is 9.99. The van der Waals surface area contributed by atoms with E-state index in [1.165, 1.54) is 12.8 Å². The van der Waals surface area contributed by atoms with Crippen molar-refractivity contribution in [2.75, 3.05) is 0 Å². The van der Waals surface area contributed by atoms with Gasteiger partial charge in [0.1, 0.15) is 0 Å². The van der Waals surface area contributed by atoms with E-state index < -0.39 is 5.60 Å². The van der Waals surface area contributed by atoms with Gasteiger partial charge in [-0.2, -0.15) is 0 Å². The van der Waals surface area contributed by atoms with Crippen molar-refractivity contribution in [2.45, 2.75) is 51.0 Å². The normalized spacial score (nSPS) is 35.9. The van der Waals surface area contributed by atoms with Crippen molar-refractivity contribution in [3.05, 3.63) is 0 Å². The molecule has 0 unspecified atom stereocenters. The Labute approximate surface area is 75.2 Å². The van der Waals surface area contributed by atoms with Crippen LogP contribution in [0.4, 0.5) is 0 Å². The molecule has 0 aromatic carbocycles. The molecule has 1 saturated carbocycles. The largest absolute Gasteiger partial charge is 0.390 e. The Hall–Kier alpha value is -0.480. The summed E-state index contributed by atoms with van der Waals surface area (Å²) < 4.78 is 0. The molecule has 1 aliphatic rings. The van der Waals surface area contributed by atoms with Crippen LogP contribution < -0.4 is 0 Å². The molecule has 1 heteroatoms. The van der Waals surface area contributed by atoms with Crippen LogP contribution in [0.1, 0.15) is 45.4 Å². The first kappa shape index (κ1) is 9.61. The quantitative estimate of drug-likeness (QED) is 0.624. The number of hydrogen-bond donors (Lipinski definition) is 1. The molecule has 0 spiro atoms. The van der Waals surface area contributed by atoms with Gasteiger partial charge in [-0.15, -0.1) is 12.3 Å². The molecule has 1 nitrogen and oxygen atoms in total. The van der Waals surface area contributed by atoms with Crippen LogP contribution in [0.2, 0.25) is 0 Å². The van der Waals surface area contributed by atoms with Crippen LogP contribution in [0.3, 0.4) is 0 Å². The van der Waals surface area contributed by atoms with Gasteiger partial charge in [-0.1, -0.05) is 12.8 Å². The molecule has 68 valence electrons. The topological polar surface area (TPSA) is 20.2 Å². The smallest absolute Gasteiger partial charge is 0.0648 e. The molecule has 0 amide bonds. The van der Waals surface area contributed by atoms with E-state index in [0.717, 1.165) is 25.7 Å². The molecule has 0 bridgehead atoms. The highest BCUT2D eigenvalue weighted by molar-refractivity contribution is 4.90. The van der Waals surface area contributed by atoms with E-state index in [9.17, 15) is 5.11 Å². The zero-order valence-electron chi connectivity index (χ0n) is 7.84. The minimum absolute atomic E-state index is 0.433. The van der Waals surface area contributed by atoms with Crippen molar-refractivity contribution in [3.63, 3.8) is 0 Å². The molecule has 0 aromatic rings. The first-order valence-electron chi connectivity index (χ1n) is 4.82. The van der Waals surface area contributed by atoms with Gasteiger partial charge in [0.25, 0.3) is 0 Å². The zero-order chi connectivity index (χ0) is 9.03. The van der Waals surface area contributed by atoms with Gasteiger partial charge in [0, 0.05) is 6.42 Å². The van der Waals surface area contributed by atoms with E-state index in [0.29, 0.717) is 5.92 Å². The molecule has 2 atom stereocenters. The summed E-state index contributed by atoms with van der Waals surface area (Å²) >= 11 is 0. The molecular formula is C11H18O. The third-order valence-electron chi connectivity index (χ3n) is 3.00. The van der Waals surface area contributed by atoms with Crippen LogP contribution in [-0.2, 0) is 0 Å². The second-order valence-corrected chi connectivity index (χ2v) is 4.04. The summed E-state index contributed by atoms with van der Waals surface area (Å²) in [5.41, 5.74) is -0.449. The SMILES string of the molecule is C#CCC[C@H]1CCCC[C@]1(C)O. The van der Waals surface area contributed by atoms with Gasteiger partial charge in [-0.05, 0) is 32.1 Å². The second-order valence-electron chi connectivity index (χ2n) is 4.04. The maximum atomic E-state index is 9.99. The highest BCUT2D eigenvalue weighted by Gasteiger charge is 2.33. The van der Waals surface area contributed by atoms with Crippen molar-refractivity contribution in [1.29, 1.82) is 0 Å². The summed E-state index contributed by atoms with van der Waals surface area (Å²) in [5, 5.41) is 9.99. The maximum Gasteiger partial charge on any atom is 0.0648 e. The summed E-state index contributed by atoms with van der Waals surface area (Å²) in [4.78, 5) is 0. The molecule has 1 fully saturated rings. The first-order valence-corrected chi connectivity index (χ1v) is 4.82. The molecule has 1 rings (SSSR count). The van der Waals surface area contributed by atoms with E-state index in [-0.39, 0.29) is 0 Å². The second kappa shape index (κ2) is 3.96. The van der Waals surface area contributed by atoms with Crippen LogP contribution in [0.5, 0.6) is 0 Å². The summed E-state index contributed by atoms with van der Waals surface area (Å²) in [6.07, 6.45) is 11.5. The van der Waals surface area contributed by atoms with E-state index >= 15 is 0 Å². The van der Waals surface area contributed by atoms with Gasteiger partial charge in [-0.3, -0.25) is 0 Å². The van der Waals surface area contributed by atoms with Gasteiger partial charge < -0.3 is 5.11 Å². The van der Waals surface area contributed by atoms with Crippen molar-refractivity contribution in [2.24, 2.45) is 5.92 Å². The van der Waals surface area contributed by atoms with Gasteiger partial charge in [0.15, 0.2) is 0 Å². The van der Waals surface area contributed by atoms with E-state index in [4.69, 9.17) is 6.42 Å². The van der Waals surface area contributed by atoms with E-state index in [1.807, 2.05) is 6.92 Å². The molecule has 0 radical (unpaired) electrons. The van der Waals surface area contributed by atoms with E-state index in [1.54, 1.807) is 0 Å². The first-order chi connectivity index (χ1) is 5.67. The number of aliphatic hydroxyl groups is 1. The Balaban J connectivity index is 2.44. The fourth-order valence-corrected chi connectivity index (χ4v) is 2.10. The zero-order valence-corrected chi connectivity index (χ0v) is 7.84. The van der Waals surface area contributed by atoms with E-state index in [2.05, 4.69) is 5.92 Å². The summed E-state index contributed by atoms with van der Waals surface area (Å²) in [6.45, 7) is 1.95. The lowest BCUT2D eigenvalue weighted by atomic mass is 9.74. The third-order valence-corrected chi connectivity index (χ3v) is 3.00. The van der Waals surface area contributed by atoms with Crippen LogP contribution >= 0.6 is 0 Å². The molecule has 0 aromatic heterocycles. The highest BCUT2D eigenvalue weighted by Crippen LogP contribution is 2.35. The lowest BCUT2D eigenvalue weighted by Gasteiger charge is -2.36. The van der Waals surface area contributed by atoms with Crippen molar-refractivity contribution < 1.29 is 5.11 Å². The Kier molecular flexibility index (Phi) is 3.17. The average Bonchev–Trinajstić information content (AvgIpc) is 2.02. The Morgan fingerprint density at radius 1 is 1.58 bits per heavy atom. The Bertz CT molecular complexity index is 176. The summed E-state index contributed by atoms with van der Waals surface area (Å²) in [5.74, 6) is 3.07. The van der Waals surface area contributed by atoms with Gasteiger partial charge in [0.2, 0.25) is 0 Å². The molecule has 0 heterocycles. The molecule has 0 aliphatic heterocycles. The van der Waals surface area contributed by atoms with Crippen molar-refractivity contribution in [3.8, 4) is 12.3 Å². The fraction of sp³-hybridized carbons (Fsp3) is 0.818. The van der Waals surface area contributed by atoms with Crippen LogP contribution in [0, 0.1) is 18.3 Å². The minimum Gasteiger partial charge on any atom is -0.390 e. The van der Waals surface area contributed by atoms with Crippen LogP contribution in [0.25, 0.3) is 0 Å². The van der Waals surface area contributed by atoms with Gasteiger partial charge in [0.05, 0.1) is 5.60 Å². The lowest BCUT2D eigenvalue weighted by Crippen LogP contribution is -2.37. The predicted octanol–water partition coefficient (Wildman–Crippen LogP) is 2.34. The van der Waals surface area contributed by atoms with Crippen molar-refractivity contribution in [1.82, 2.24) is 0 Å². The van der Waals surface area contributed by atoms with Crippen LogP contribution in [0.15, 0.2) is 0 Å². The average molecular weight is 166 g/mol. The number of terminal acetylenes is 1. The van der Waals surface area contributed by atoms with Crippen LogP contribution in [-0.4, -0.2) is 10.7 Å². The predicted molar refractivity (Wildman–Crippen MR) is 50.6 cm³/mol. The molecule has 1 aliphatic carbocycles. The number of rotatable bonds is 2. The molecule has 12 heavy (non-hydrogen) atoms. The third kappa shape index (κ3) is 2.25. The summed E-state index contributed by atoms with van der Waals surface area (Å²) in [7, 11) is 0. The van der Waals surface area contributed by atoms with Crippen molar-refractivity contribution >= 4 is 0 Å². The van der Waals surface area contributed by atoms with Gasteiger partial charge in [-0.25, -0.2) is 0 Å². The monoisotopic (exact) mass is 166 g/mol. The Morgan fingerprint density at radius 2 is 2.33 bits per heavy atom. The van der Waals surface area contributed by atoms with Gasteiger partial charge >= 0.3 is 0 Å².